The zero-order valence-electron chi connectivity index (χ0n) is 11.6. The van der Waals surface area contributed by atoms with Crippen molar-refractivity contribution in [2.24, 2.45) is 5.92 Å². The predicted octanol–water partition coefficient (Wildman–Crippen LogP) is 3.76. The fraction of sp³-hybridized carbons (Fsp3) is 0.250. The number of para-hydroxylation sites is 1. The first-order valence-electron chi connectivity index (χ1n) is 6.81. The van der Waals surface area contributed by atoms with E-state index in [9.17, 15) is 9.90 Å². The lowest BCUT2D eigenvalue weighted by Crippen LogP contribution is -2.31. The second-order valence-corrected chi connectivity index (χ2v) is 5.73. The summed E-state index contributed by atoms with van der Waals surface area (Å²) in [5.41, 5.74) is 2.36. The van der Waals surface area contributed by atoms with Gasteiger partial charge in [-0.15, -0.1) is 0 Å². The Morgan fingerprint density at radius 2 is 2.14 bits per heavy atom. The SMILES string of the molecule is CC1Cc2ccccc2N(c2nccc(C(=O)O)c2Cl)C1. The lowest BCUT2D eigenvalue weighted by Gasteiger charge is -2.34. The van der Waals surface area contributed by atoms with Crippen LogP contribution in [0.15, 0.2) is 36.5 Å². The van der Waals surface area contributed by atoms with E-state index >= 15 is 0 Å². The summed E-state index contributed by atoms with van der Waals surface area (Å²) in [4.78, 5) is 17.6. The van der Waals surface area contributed by atoms with Gasteiger partial charge in [0, 0.05) is 18.4 Å². The van der Waals surface area contributed by atoms with Crippen molar-refractivity contribution in [2.75, 3.05) is 11.4 Å². The molecular formula is C16H15ClN2O2. The number of benzene rings is 1. The van der Waals surface area contributed by atoms with E-state index in [2.05, 4.69) is 18.0 Å². The third kappa shape index (κ3) is 2.47. The molecule has 0 bridgehead atoms. The number of carbonyl (C=O) groups is 1. The van der Waals surface area contributed by atoms with E-state index in [0.29, 0.717) is 11.7 Å². The van der Waals surface area contributed by atoms with Crippen LogP contribution in [-0.4, -0.2) is 22.6 Å². The van der Waals surface area contributed by atoms with Crippen LogP contribution in [0, 0.1) is 5.92 Å². The standard InChI is InChI=1S/C16H15ClN2O2/c1-10-8-11-4-2-3-5-13(11)19(9-10)15-14(17)12(16(20)21)6-7-18-15/h2-7,10H,8-9H2,1H3,(H,20,21). The Morgan fingerprint density at radius 3 is 2.90 bits per heavy atom. The van der Waals surface area contributed by atoms with Crippen molar-refractivity contribution in [3.8, 4) is 0 Å². The van der Waals surface area contributed by atoms with Crippen LogP contribution in [0.1, 0.15) is 22.8 Å². The Balaban J connectivity index is 2.13. The highest BCUT2D eigenvalue weighted by molar-refractivity contribution is 6.36. The maximum atomic E-state index is 11.2. The van der Waals surface area contributed by atoms with Crippen molar-refractivity contribution in [2.45, 2.75) is 13.3 Å². The lowest BCUT2D eigenvalue weighted by atomic mass is 9.94. The van der Waals surface area contributed by atoms with E-state index in [1.807, 2.05) is 23.1 Å². The van der Waals surface area contributed by atoms with Crippen molar-refractivity contribution in [3.05, 3.63) is 52.7 Å². The van der Waals surface area contributed by atoms with Crippen LogP contribution in [0.2, 0.25) is 5.02 Å². The highest BCUT2D eigenvalue weighted by atomic mass is 35.5. The molecule has 1 atom stereocenters. The van der Waals surface area contributed by atoms with Crippen LogP contribution in [0.3, 0.4) is 0 Å². The molecule has 0 saturated heterocycles. The van der Waals surface area contributed by atoms with Gasteiger partial charge < -0.3 is 10.0 Å². The zero-order chi connectivity index (χ0) is 15.0. The molecule has 0 amide bonds. The average Bonchev–Trinajstić information content (AvgIpc) is 2.46. The minimum absolute atomic E-state index is 0.0809. The molecular weight excluding hydrogens is 288 g/mol. The number of fused-ring (bicyclic) bond motifs is 1. The molecule has 1 aromatic carbocycles. The summed E-state index contributed by atoms with van der Waals surface area (Å²) in [6.07, 6.45) is 2.50. The smallest absolute Gasteiger partial charge is 0.337 e. The average molecular weight is 303 g/mol. The molecule has 0 radical (unpaired) electrons. The molecule has 2 heterocycles. The lowest BCUT2D eigenvalue weighted by molar-refractivity contribution is 0.0697. The number of anilines is 2. The Morgan fingerprint density at radius 1 is 1.38 bits per heavy atom. The van der Waals surface area contributed by atoms with Gasteiger partial charge in [-0.25, -0.2) is 9.78 Å². The molecule has 0 saturated carbocycles. The second kappa shape index (κ2) is 5.37. The first-order chi connectivity index (χ1) is 10.1. The normalized spacial score (nSPS) is 17.4. The maximum absolute atomic E-state index is 11.2. The van der Waals surface area contributed by atoms with Crippen LogP contribution in [0.4, 0.5) is 11.5 Å². The molecule has 4 nitrogen and oxygen atoms in total. The number of nitrogens with zero attached hydrogens (tertiary/aromatic N) is 2. The highest BCUT2D eigenvalue weighted by Crippen LogP contribution is 2.38. The number of aromatic carboxylic acids is 1. The molecule has 1 N–H and O–H groups in total. The molecule has 108 valence electrons. The van der Waals surface area contributed by atoms with Gasteiger partial charge in [0.25, 0.3) is 0 Å². The van der Waals surface area contributed by atoms with Gasteiger partial charge in [0.1, 0.15) is 0 Å². The number of carboxylic acids is 1. The number of rotatable bonds is 2. The first-order valence-corrected chi connectivity index (χ1v) is 7.19. The van der Waals surface area contributed by atoms with Crippen molar-refractivity contribution in [1.29, 1.82) is 0 Å². The van der Waals surface area contributed by atoms with Gasteiger partial charge in [-0.3, -0.25) is 0 Å². The van der Waals surface area contributed by atoms with Crippen LogP contribution in [0.5, 0.6) is 0 Å². The fourth-order valence-corrected chi connectivity index (χ4v) is 3.08. The van der Waals surface area contributed by atoms with Gasteiger partial charge in [-0.2, -0.15) is 0 Å². The van der Waals surface area contributed by atoms with E-state index in [0.717, 1.165) is 18.7 Å². The number of halogens is 1. The molecule has 0 fully saturated rings. The predicted molar refractivity (Wildman–Crippen MR) is 82.5 cm³/mol. The summed E-state index contributed by atoms with van der Waals surface area (Å²) in [7, 11) is 0. The van der Waals surface area contributed by atoms with Gasteiger partial charge in [0.2, 0.25) is 0 Å². The van der Waals surface area contributed by atoms with Crippen molar-refractivity contribution < 1.29 is 9.90 Å². The van der Waals surface area contributed by atoms with Crippen molar-refractivity contribution >= 4 is 29.1 Å². The summed E-state index contributed by atoms with van der Waals surface area (Å²) in [5.74, 6) is -0.0798. The van der Waals surface area contributed by atoms with Gasteiger partial charge in [-0.05, 0) is 30.0 Å². The molecule has 5 heteroatoms. The molecule has 0 spiro atoms. The first kappa shape index (κ1) is 13.9. The van der Waals surface area contributed by atoms with Gasteiger partial charge >= 0.3 is 5.97 Å². The molecule has 1 aliphatic heterocycles. The Kier molecular flexibility index (Phi) is 3.55. The number of hydrogen-bond acceptors (Lipinski definition) is 3. The third-order valence-corrected chi connectivity index (χ3v) is 4.07. The molecule has 21 heavy (non-hydrogen) atoms. The quantitative estimate of drug-likeness (QED) is 0.917. The van der Waals surface area contributed by atoms with E-state index in [1.165, 1.54) is 17.8 Å². The molecule has 1 aliphatic rings. The van der Waals surface area contributed by atoms with Crippen LogP contribution >= 0.6 is 11.6 Å². The summed E-state index contributed by atoms with van der Waals surface area (Å²) >= 11 is 6.27. The Bertz CT molecular complexity index is 702. The molecule has 1 unspecified atom stereocenters. The van der Waals surface area contributed by atoms with Crippen LogP contribution < -0.4 is 4.90 Å². The number of hydrogen-bond donors (Lipinski definition) is 1. The van der Waals surface area contributed by atoms with Crippen LogP contribution in [0.25, 0.3) is 0 Å². The molecule has 0 aliphatic carbocycles. The van der Waals surface area contributed by atoms with E-state index < -0.39 is 5.97 Å². The molecule has 3 rings (SSSR count). The van der Waals surface area contributed by atoms with Gasteiger partial charge in [-0.1, -0.05) is 36.7 Å². The fourth-order valence-electron chi connectivity index (χ4n) is 2.78. The summed E-state index contributed by atoms with van der Waals surface area (Å²) in [6, 6.07) is 9.52. The monoisotopic (exact) mass is 302 g/mol. The molecule has 1 aromatic heterocycles. The van der Waals surface area contributed by atoms with E-state index in [4.69, 9.17) is 11.6 Å². The van der Waals surface area contributed by atoms with E-state index in [1.54, 1.807) is 0 Å². The summed E-state index contributed by atoms with van der Waals surface area (Å²) in [5, 5.41) is 9.39. The highest BCUT2D eigenvalue weighted by Gasteiger charge is 2.26. The maximum Gasteiger partial charge on any atom is 0.337 e. The zero-order valence-corrected chi connectivity index (χ0v) is 12.3. The molecule has 2 aromatic rings. The van der Waals surface area contributed by atoms with Crippen molar-refractivity contribution in [1.82, 2.24) is 4.98 Å². The minimum atomic E-state index is -1.04. The number of aromatic nitrogens is 1. The van der Waals surface area contributed by atoms with Gasteiger partial charge in [0.15, 0.2) is 5.82 Å². The van der Waals surface area contributed by atoms with Crippen LogP contribution in [-0.2, 0) is 6.42 Å². The van der Waals surface area contributed by atoms with Crippen molar-refractivity contribution in [3.63, 3.8) is 0 Å². The van der Waals surface area contributed by atoms with E-state index in [-0.39, 0.29) is 10.6 Å². The summed E-state index contributed by atoms with van der Waals surface area (Å²) in [6.45, 7) is 2.94. The summed E-state index contributed by atoms with van der Waals surface area (Å²) < 4.78 is 0. The number of carboxylic acid groups (broad SMARTS) is 1. The largest absolute Gasteiger partial charge is 0.478 e. The number of pyridine rings is 1. The van der Waals surface area contributed by atoms with Gasteiger partial charge in [0.05, 0.1) is 10.6 Å². The topological polar surface area (TPSA) is 53.4 Å². The Hall–Kier alpha value is -2.07. The third-order valence-electron chi connectivity index (χ3n) is 3.70. The Labute approximate surface area is 128 Å². The minimum Gasteiger partial charge on any atom is -0.478 e. The second-order valence-electron chi connectivity index (χ2n) is 5.35.